The zero-order valence-electron chi connectivity index (χ0n) is 17.1. The van der Waals surface area contributed by atoms with Crippen molar-refractivity contribution in [1.29, 1.82) is 0 Å². The lowest BCUT2D eigenvalue weighted by Crippen LogP contribution is -2.41. The molecule has 1 N–H and O–H groups in total. The molecule has 0 aromatic heterocycles. The first-order chi connectivity index (χ1) is 13.5. The number of carbonyl (C=O) groups is 1. The van der Waals surface area contributed by atoms with Gasteiger partial charge in [-0.15, -0.1) is 0 Å². The van der Waals surface area contributed by atoms with Crippen molar-refractivity contribution in [2.24, 2.45) is 0 Å². The van der Waals surface area contributed by atoms with E-state index in [0.717, 1.165) is 27.9 Å². The van der Waals surface area contributed by atoms with Crippen LogP contribution in [0.4, 0.5) is 10.1 Å². The molecule has 0 unspecified atom stereocenters. The number of amides is 1. The number of carbonyl (C=O) groups excluding carboxylic acids is 1. The van der Waals surface area contributed by atoms with Gasteiger partial charge in [-0.25, -0.2) is 12.8 Å². The van der Waals surface area contributed by atoms with Crippen molar-refractivity contribution in [3.63, 3.8) is 0 Å². The van der Waals surface area contributed by atoms with Gasteiger partial charge in [0.25, 0.3) is 0 Å². The summed E-state index contributed by atoms with van der Waals surface area (Å²) in [5.41, 5.74) is 0.796. The van der Waals surface area contributed by atoms with E-state index in [4.69, 9.17) is 4.74 Å². The third-order valence-corrected chi connectivity index (χ3v) is 5.31. The van der Waals surface area contributed by atoms with E-state index in [1.165, 1.54) is 18.2 Å². The van der Waals surface area contributed by atoms with Crippen LogP contribution < -0.4 is 14.4 Å². The number of rotatable bonds is 8. The molecule has 8 heteroatoms. The Balaban J connectivity index is 1.95. The van der Waals surface area contributed by atoms with E-state index in [0.29, 0.717) is 0 Å². The zero-order valence-corrected chi connectivity index (χ0v) is 17.9. The molecule has 0 saturated heterocycles. The number of ether oxygens (including phenoxy) is 1. The first-order valence-corrected chi connectivity index (χ1v) is 11.1. The summed E-state index contributed by atoms with van der Waals surface area (Å²) in [6.45, 7) is 6.14. The fourth-order valence-electron chi connectivity index (χ4n) is 2.78. The molecule has 29 heavy (non-hydrogen) atoms. The van der Waals surface area contributed by atoms with Gasteiger partial charge in [0.2, 0.25) is 15.9 Å². The highest BCUT2D eigenvalue weighted by Crippen LogP contribution is 2.30. The van der Waals surface area contributed by atoms with Crippen LogP contribution in [-0.4, -0.2) is 40.3 Å². The van der Waals surface area contributed by atoms with E-state index in [-0.39, 0.29) is 24.3 Å². The predicted octanol–water partition coefficient (Wildman–Crippen LogP) is 3.08. The molecule has 0 aliphatic heterocycles. The standard InChI is InChI=1S/C21H27FN2O4S/c1-21(2,3)16-9-5-8-12-19(16)28-14-13-23-20(25)15-24(29(4,26)27)18-11-7-6-10-17(18)22/h5-12H,13-15H2,1-4H3,(H,23,25). The normalized spacial score (nSPS) is 11.8. The van der Waals surface area contributed by atoms with Gasteiger partial charge >= 0.3 is 0 Å². The lowest BCUT2D eigenvalue weighted by atomic mass is 9.86. The summed E-state index contributed by atoms with van der Waals surface area (Å²) in [5.74, 6) is -0.530. The lowest BCUT2D eigenvalue weighted by Gasteiger charge is -2.23. The average molecular weight is 423 g/mol. The summed E-state index contributed by atoms with van der Waals surface area (Å²) < 4.78 is 44.6. The Morgan fingerprint density at radius 1 is 1.10 bits per heavy atom. The molecule has 0 fully saturated rings. The van der Waals surface area contributed by atoms with E-state index in [1.807, 2.05) is 24.3 Å². The summed E-state index contributed by atoms with van der Waals surface area (Å²) in [7, 11) is -3.83. The maximum Gasteiger partial charge on any atom is 0.240 e. The van der Waals surface area contributed by atoms with E-state index in [2.05, 4.69) is 26.1 Å². The molecule has 2 rings (SSSR count). The lowest BCUT2D eigenvalue weighted by molar-refractivity contribution is -0.119. The third kappa shape index (κ3) is 6.45. The predicted molar refractivity (Wildman–Crippen MR) is 112 cm³/mol. The largest absolute Gasteiger partial charge is 0.491 e. The van der Waals surface area contributed by atoms with Crippen LogP contribution in [0.1, 0.15) is 26.3 Å². The van der Waals surface area contributed by atoms with Gasteiger partial charge in [-0.1, -0.05) is 51.1 Å². The van der Waals surface area contributed by atoms with Crippen molar-refractivity contribution in [2.45, 2.75) is 26.2 Å². The Kier molecular flexibility index (Phi) is 7.24. The fourth-order valence-corrected chi connectivity index (χ4v) is 3.64. The molecule has 0 aliphatic carbocycles. The van der Waals surface area contributed by atoms with Crippen LogP contribution in [0.2, 0.25) is 0 Å². The number of halogens is 1. The van der Waals surface area contributed by atoms with E-state index < -0.39 is 28.3 Å². The average Bonchev–Trinajstić information content (AvgIpc) is 2.63. The van der Waals surface area contributed by atoms with E-state index in [1.54, 1.807) is 0 Å². The van der Waals surface area contributed by atoms with Crippen molar-refractivity contribution in [3.8, 4) is 5.75 Å². The van der Waals surface area contributed by atoms with Crippen molar-refractivity contribution >= 4 is 21.6 Å². The minimum atomic E-state index is -3.83. The summed E-state index contributed by atoms with van der Waals surface area (Å²) in [6, 6.07) is 13.1. The van der Waals surface area contributed by atoms with Crippen LogP contribution in [0.25, 0.3) is 0 Å². The quantitative estimate of drug-likeness (QED) is 0.664. The molecule has 2 aromatic carbocycles. The Morgan fingerprint density at radius 3 is 2.34 bits per heavy atom. The van der Waals surface area contributed by atoms with Crippen LogP contribution in [0.5, 0.6) is 5.75 Å². The number of para-hydroxylation sites is 2. The molecule has 2 aromatic rings. The summed E-state index contributed by atoms with van der Waals surface area (Å²) >= 11 is 0. The molecular weight excluding hydrogens is 395 g/mol. The maximum absolute atomic E-state index is 14.0. The zero-order chi connectivity index (χ0) is 21.7. The van der Waals surface area contributed by atoms with Crippen LogP contribution >= 0.6 is 0 Å². The van der Waals surface area contributed by atoms with E-state index in [9.17, 15) is 17.6 Å². The summed E-state index contributed by atoms with van der Waals surface area (Å²) in [4.78, 5) is 12.2. The Bertz CT molecular complexity index is 955. The highest BCUT2D eigenvalue weighted by Gasteiger charge is 2.23. The molecule has 6 nitrogen and oxygen atoms in total. The molecule has 1 amide bonds. The van der Waals surface area contributed by atoms with Gasteiger partial charge in [-0.05, 0) is 29.2 Å². The number of hydrogen-bond acceptors (Lipinski definition) is 4. The molecule has 0 aliphatic rings. The summed E-state index contributed by atoms with van der Waals surface area (Å²) in [6.07, 6.45) is 0.930. The SMILES string of the molecule is CC(C)(C)c1ccccc1OCCNC(=O)CN(c1ccccc1F)S(C)(=O)=O. The highest BCUT2D eigenvalue weighted by atomic mass is 32.2. The molecular formula is C21H27FN2O4S. The van der Waals surface area contributed by atoms with Gasteiger partial charge in [0.15, 0.2) is 0 Å². The second-order valence-corrected chi connectivity index (χ2v) is 9.57. The minimum Gasteiger partial charge on any atom is -0.491 e. The molecule has 0 atom stereocenters. The van der Waals surface area contributed by atoms with Crippen LogP contribution in [0.15, 0.2) is 48.5 Å². The highest BCUT2D eigenvalue weighted by molar-refractivity contribution is 7.92. The number of hydrogen-bond donors (Lipinski definition) is 1. The van der Waals surface area contributed by atoms with Crippen molar-refractivity contribution in [3.05, 3.63) is 59.9 Å². The number of nitrogens with one attached hydrogen (secondary N) is 1. The maximum atomic E-state index is 14.0. The molecule has 158 valence electrons. The van der Waals surface area contributed by atoms with Crippen LogP contribution in [-0.2, 0) is 20.2 Å². The molecule has 0 heterocycles. The molecule has 0 bridgehead atoms. The van der Waals surface area contributed by atoms with Crippen molar-refractivity contribution < 1.29 is 22.3 Å². The van der Waals surface area contributed by atoms with Gasteiger partial charge in [-0.3, -0.25) is 9.10 Å². The fraction of sp³-hybridized carbons (Fsp3) is 0.381. The van der Waals surface area contributed by atoms with Crippen LogP contribution in [0, 0.1) is 5.82 Å². The van der Waals surface area contributed by atoms with Gasteiger partial charge in [-0.2, -0.15) is 0 Å². The van der Waals surface area contributed by atoms with Crippen molar-refractivity contribution in [2.75, 3.05) is 30.3 Å². The number of nitrogens with zero attached hydrogens (tertiary/aromatic N) is 1. The monoisotopic (exact) mass is 422 g/mol. The first-order valence-electron chi connectivity index (χ1n) is 9.21. The second kappa shape index (κ2) is 9.26. The molecule has 0 saturated carbocycles. The molecule has 0 radical (unpaired) electrons. The van der Waals surface area contributed by atoms with Gasteiger partial charge in [0.05, 0.1) is 18.5 Å². The Labute approximate surface area is 171 Å². The number of benzene rings is 2. The number of anilines is 1. The Morgan fingerprint density at radius 2 is 1.72 bits per heavy atom. The smallest absolute Gasteiger partial charge is 0.240 e. The first kappa shape index (κ1) is 22.7. The number of sulfonamides is 1. The van der Waals surface area contributed by atoms with Gasteiger partial charge in [0.1, 0.15) is 24.7 Å². The second-order valence-electron chi connectivity index (χ2n) is 7.67. The van der Waals surface area contributed by atoms with Crippen LogP contribution in [0.3, 0.4) is 0 Å². The summed E-state index contributed by atoms with van der Waals surface area (Å²) in [5, 5.41) is 2.61. The van der Waals surface area contributed by atoms with Crippen molar-refractivity contribution in [1.82, 2.24) is 5.32 Å². The molecule has 0 spiro atoms. The van der Waals surface area contributed by atoms with Gasteiger partial charge < -0.3 is 10.1 Å². The topological polar surface area (TPSA) is 75.7 Å². The third-order valence-electron chi connectivity index (χ3n) is 4.19. The van der Waals surface area contributed by atoms with E-state index >= 15 is 0 Å². The van der Waals surface area contributed by atoms with Gasteiger partial charge in [0, 0.05) is 0 Å². The minimum absolute atomic E-state index is 0.0877. The Hall–Kier alpha value is -2.61.